The summed E-state index contributed by atoms with van der Waals surface area (Å²) in [5, 5.41) is 0. The average molecular weight is 863 g/mol. The van der Waals surface area contributed by atoms with E-state index in [9.17, 15) is 19.0 Å². The molecular weight excluding hydrogens is 774 g/mol. The second-order valence-electron chi connectivity index (χ2n) is 16.8. The van der Waals surface area contributed by atoms with Crippen LogP contribution in [0, 0.1) is 0 Å². The number of nitrogens with zero attached hydrogens (tertiary/aromatic N) is 1. The van der Waals surface area contributed by atoms with Crippen LogP contribution in [0.15, 0.2) is 72.9 Å². The fourth-order valence-electron chi connectivity index (χ4n) is 5.98. The number of esters is 2. The van der Waals surface area contributed by atoms with Gasteiger partial charge in [-0.25, -0.2) is 4.57 Å². The molecule has 0 heterocycles. The Bertz CT molecular complexity index is 1250. The van der Waals surface area contributed by atoms with E-state index in [1.54, 1.807) is 0 Å². The molecule has 0 aliphatic carbocycles. The predicted molar refractivity (Wildman–Crippen MR) is 252 cm³/mol. The molecule has 2 atom stereocenters. The lowest BCUT2D eigenvalue weighted by atomic mass is 10.1. The SMILES string of the molecule is CCC/C=C/C/C=C/C/C=C/C/C=C/CCCCCC(=O)OC[C@H](COP(=O)(O)OCC[N+](C)(C)C)OC(=O)CCCCCCCCCCC/C=C/C/C=C/CCCCC. The quantitative estimate of drug-likeness (QED) is 0.0212. The van der Waals surface area contributed by atoms with Crippen LogP contribution < -0.4 is 0 Å². The molecule has 60 heavy (non-hydrogen) atoms. The molecule has 0 saturated heterocycles. The minimum absolute atomic E-state index is 0.0220. The van der Waals surface area contributed by atoms with Gasteiger partial charge in [0.25, 0.3) is 0 Å². The molecule has 0 saturated carbocycles. The number of hydrogen-bond donors (Lipinski definition) is 1. The Hall–Kier alpha value is -2.55. The molecule has 0 fully saturated rings. The lowest BCUT2D eigenvalue weighted by Crippen LogP contribution is -2.37. The zero-order valence-corrected chi connectivity index (χ0v) is 39.8. The van der Waals surface area contributed by atoms with Crippen LogP contribution in [0.1, 0.15) is 181 Å². The van der Waals surface area contributed by atoms with Crippen LogP contribution in [-0.2, 0) is 32.7 Å². The molecule has 0 aromatic carbocycles. The molecule has 0 amide bonds. The van der Waals surface area contributed by atoms with Crippen LogP contribution >= 0.6 is 7.82 Å². The van der Waals surface area contributed by atoms with E-state index in [1.807, 2.05) is 21.1 Å². The highest BCUT2D eigenvalue weighted by molar-refractivity contribution is 7.47. The van der Waals surface area contributed by atoms with Gasteiger partial charge in [0.2, 0.25) is 0 Å². The van der Waals surface area contributed by atoms with Gasteiger partial charge in [-0.2, -0.15) is 0 Å². The maximum Gasteiger partial charge on any atom is 0.472 e. The summed E-state index contributed by atoms with van der Waals surface area (Å²) in [6.45, 7) is 4.28. The highest BCUT2D eigenvalue weighted by Gasteiger charge is 2.27. The number of quaternary nitrogens is 1. The number of ether oxygens (including phenoxy) is 2. The second-order valence-corrected chi connectivity index (χ2v) is 18.2. The predicted octanol–water partition coefficient (Wildman–Crippen LogP) is 13.8. The molecule has 0 rings (SSSR count). The lowest BCUT2D eigenvalue weighted by molar-refractivity contribution is -0.870. The van der Waals surface area contributed by atoms with Crippen molar-refractivity contribution in [2.24, 2.45) is 0 Å². The van der Waals surface area contributed by atoms with E-state index < -0.39 is 32.5 Å². The lowest BCUT2D eigenvalue weighted by Gasteiger charge is -2.24. The van der Waals surface area contributed by atoms with E-state index in [4.69, 9.17) is 18.5 Å². The fraction of sp³-hybridized carbons (Fsp3) is 0.720. The monoisotopic (exact) mass is 863 g/mol. The Morgan fingerprint density at radius 2 is 0.933 bits per heavy atom. The minimum atomic E-state index is -4.39. The summed E-state index contributed by atoms with van der Waals surface area (Å²) >= 11 is 0. The van der Waals surface area contributed by atoms with Crippen molar-refractivity contribution >= 4 is 19.8 Å². The Labute approximate surface area is 368 Å². The van der Waals surface area contributed by atoms with E-state index in [0.29, 0.717) is 23.9 Å². The molecule has 0 spiro atoms. The molecule has 1 unspecified atom stereocenters. The van der Waals surface area contributed by atoms with E-state index in [2.05, 4.69) is 86.8 Å². The van der Waals surface area contributed by atoms with Crippen molar-refractivity contribution in [2.75, 3.05) is 47.5 Å². The summed E-state index contributed by atoms with van der Waals surface area (Å²) in [5.41, 5.74) is 0. The number of unbranched alkanes of at least 4 members (excludes halogenated alkanes) is 16. The van der Waals surface area contributed by atoms with Gasteiger partial charge >= 0.3 is 19.8 Å². The smallest absolute Gasteiger partial charge is 0.462 e. The molecule has 0 aliphatic heterocycles. The number of carbonyl (C=O) groups is 2. The molecule has 0 aliphatic rings. The van der Waals surface area contributed by atoms with Crippen molar-refractivity contribution in [1.82, 2.24) is 0 Å². The van der Waals surface area contributed by atoms with Crippen LogP contribution in [0.5, 0.6) is 0 Å². The number of phosphoric acid groups is 1. The summed E-state index contributed by atoms with van der Waals surface area (Å²) < 4.78 is 34.3. The number of hydrogen-bond acceptors (Lipinski definition) is 7. The number of allylic oxidation sites excluding steroid dienone is 12. The van der Waals surface area contributed by atoms with Crippen LogP contribution in [-0.4, -0.2) is 74.9 Å². The Balaban J connectivity index is 4.38. The largest absolute Gasteiger partial charge is 0.472 e. The maximum absolute atomic E-state index is 12.7. The highest BCUT2D eigenvalue weighted by atomic mass is 31.2. The van der Waals surface area contributed by atoms with Gasteiger partial charge in [0.15, 0.2) is 6.10 Å². The molecule has 0 bridgehead atoms. The number of rotatable bonds is 42. The van der Waals surface area contributed by atoms with Crippen molar-refractivity contribution < 1.29 is 42.1 Å². The Morgan fingerprint density at radius 3 is 1.42 bits per heavy atom. The van der Waals surface area contributed by atoms with Gasteiger partial charge in [0.05, 0.1) is 27.7 Å². The van der Waals surface area contributed by atoms with Gasteiger partial charge in [-0.05, 0) is 83.5 Å². The summed E-state index contributed by atoms with van der Waals surface area (Å²) in [4.78, 5) is 35.5. The maximum atomic E-state index is 12.7. The van der Waals surface area contributed by atoms with Gasteiger partial charge in [0, 0.05) is 12.8 Å². The van der Waals surface area contributed by atoms with Gasteiger partial charge in [0.1, 0.15) is 19.8 Å². The topological polar surface area (TPSA) is 108 Å². The molecule has 346 valence electrons. The summed E-state index contributed by atoms with van der Waals surface area (Å²) in [6.07, 6.45) is 52.3. The molecule has 0 aromatic rings. The third-order valence-electron chi connectivity index (χ3n) is 9.69. The molecule has 9 nitrogen and oxygen atoms in total. The molecule has 0 aromatic heterocycles. The summed E-state index contributed by atoms with van der Waals surface area (Å²) in [7, 11) is 1.44. The van der Waals surface area contributed by atoms with E-state index in [-0.39, 0.29) is 26.1 Å². The molecule has 0 radical (unpaired) electrons. The first kappa shape index (κ1) is 57.4. The standard InChI is InChI=1S/C50H88NO8P/c1-6-8-10-12-14-16-18-20-22-24-25-27-29-31-33-35-37-39-41-43-50(53)59-48(47-58-60(54,55)57-45-44-51(3,4)5)46-56-49(52)42-40-38-36-34-32-30-28-26-23-21-19-17-15-13-11-9-7-2/h11,13-14,16-17,19-20,22-23,26,30,32,48H,6-10,12,15,18,21,24-25,27-29,31,33-47H2,1-5H3/p+1/b13-11+,16-14+,19-17+,22-20+,26-23+,32-30+/t48-/m1/s1. The highest BCUT2D eigenvalue weighted by Crippen LogP contribution is 2.43. The van der Waals surface area contributed by atoms with Gasteiger partial charge < -0.3 is 18.9 Å². The van der Waals surface area contributed by atoms with Crippen molar-refractivity contribution in [2.45, 2.75) is 187 Å². The van der Waals surface area contributed by atoms with Crippen molar-refractivity contribution in [3.8, 4) is 0 Å². The third kappa shape index (κ3) is 45.0. The number of likely N-dealkylation sites (N-methyl/N-ethyl adjacent to an activating group) is 1. The first-order valence-corrected chi connectivity index (χ1v) is 25.2. The summed E-state index contributed by atoms with van der Waals surface area (Å²) in [5.74, 6) is -0.843. The van der Waals surface area contributed by atoms with E-state index in [0.717, 1.165) is 77.0 Å². The Morgan fingerprint density at radius 1 is 0.517 bits per heavy atom. The van der Waals surface area contributed by atoms with Gasteiger partial charge in [-0.15, -0.1) is 0 Å². The first-order chi connectivity index (χ1) is 29.0. The Kier molecular flexibility index (Phi) is 40.0. The van der Waals surface area contributed by atoms with Crippen LogP contribution in [0.2, 0.25) is 0 Å². The zero-order valence-electron chi connectivity index (χ0n) is 38.9. The van der Waals surface area contributed by atoms with Crippen LogP contribution in [0.4, 0.5) is 0 Å². The van der Waals surface area contributed by atoms with Gasteiger partial charge in [-0.1, -0.05) is 157 Å². The number of phosphoric ester groups is 1. The second kappa shape index (κ2) is 41.8. The third-order valence-corrected chi connectivity index (χ3v) is 10.7. The first-order valence-electron chi connectivity index (χ1n) is 23.7. The van der Waals surface area contributed by atoms with Crippen molar-refractivity contribution in [3.05, 3.63) is 72.9 Å². The normalized spacial score (nSPS) is 14.2. The molecular formula is C50H89NO8P+. The summed E-state index contributed by atoms with van der Waals surface area (Å²) in [6, 6.07) is 0. The molecule has 10 heteroatoms. The zero-order chi connectivity index (χ0) is 44.3. The van der Waals surface area contributed by atoms with E-state index >= 15 is 0 Å². The van der Waals surface area contributed by atoms with Gasteiger partial charge in [-0.3, -0.25) is 18.6 Å². The average Bonchev–Trinajstić information content (AvgIpc) is 3.20. The van der Waals surface area contributed by atoms with Crippen LogP contribution in [0.3, 0.4) is 0 Å². The van der Waals surface area contributed by atoms with Crippen molar-refractivity contribution in [3.63, 3.8) is 0 Å². The van der Waals surface area contributed by atoms with E-state index in [1.165, 1.54) is 64.2 Å². The van der Waals surface area contributed by atoms with Crippen molar-refractivity contribution in [1.29, 1.82) is 0 Å². The minimum Gasteiger partial charge on any atom is -0.462 e. The van der Waals surface area contributed by atoms with Crippen LogP contribution in [0.25, 0.3) is 0 Å². The number of carbonyl (C=O) groups excluding carboxylic acids is 2. The fourth-order valence-corrected chi connectivity index (χ4v) is 6.72. The molecule has 1 N–H and O–H groups in total.